The van der Waals surface area contributed by atoms with Crippen LogP contribution in [0.5, 0.6) is 0 Å². The van der Waals surface area contributed by atoms with Crippen LogP contribution in [0.1, 0.15) is 38.9 Å². The largest absolute Gasteiger partial charge is 0.353 e. The summed E-state index contributed by atoms with van der Waals surface area (Å²) in [5.41, 5.74) is 0. The molecule has 0 bridgehead atoms. The van der Waals surface area contributed by atoms with Crippen LogP contribution >= 0.6 is 0 Å². The molecule has 1 amide bonds. The van der Waals surface area contributed by atoms with Gasteiger partial charge in [-0.2, -0.15) is 4.31 Å². The van der Waals surface area contributed by atoms with E-state index < -0.39 is 10.0 Å². The highest BCUT2D eigenvalue weighted by molar-refractivity contribution is 7.89. The van der Waals surface area contributed by atoms with Gasteiger partial charge in [0.1, 0.15) is 5.82 Å². The van der Waals surface area contributed by atoms with Gasteiger partial charge in [-0.25, -0.2) is 13.4 Å². The van der Waals surface area contributed by atoms with Crippen LogP contribution in [0.2, 0.25) is 0 Å². The molecule has 0 aliphatic carbocycles. The van der Waals surface area contributed by atoms with E-state index in [0.717, 1.165) is 6.42 Å². The molecule has 130 valence electrons. The lowest BCUT2D eigenvalue weighted by molar-refractivity contribution is -0.126. The van der Waals surface area contributed by atoms with Gasteiger partial charge in [-0.3, -0.25) is 4.79 Å². The highest BCUT2D eigenvalue weighted by Crippen LogP contribution is 2.23. The monoisotopic (exact) mass is 342 g/mol. The number of nitrogens with zero attached hydrogens (tertiary/aromatic N) is 3. The molecule has 2 rings (SSSR count). The van der Waals surface area contributed by atoms with Crippen molar-refractivity contribution in [3.05, 3.63) is 12.0 Å². The molecule has 8 heteroatoms. The lowest BCUT2D eigenvalue weighted by Gasteiger charge is -2.30. The maximum atomic E-state index is 12.6. The number of imidazole rings is 1. The number of aromatic nitrogens is 2. The second-order valence-electron chi connectivity index (χ2n) is 6.23. The van der Waals surface area contributed by atoms with Crippen LogP contribution in [0.15, 0.2) is 11.2 Å². The fourth-order valence-corrected chi connectivity index (χ4v) is 4.10. The molecule has 1 N–H and O–H groups in total. The Bertz CT molecular complexity index is 641. The van der Waals surface area contributed by atoms with E-state index in [0.29, 0.717) is 31.8 Å². The zero-order chi connectivity index (χ0) is 17.2. The fourth-order valence-electron chi connectivity index (χ4n) is 2.60. The lowest BCUT2D eigenvalue weighted by atomic mass is 9.97. The first kappa shape index (κ1) is 17.9. The van der Waals surface area contributed by atoms with Crippen molar-refractivity contribution in [2.75, 3.05) is 13.1 Å². The second kappa shape index (κ2) is 7.00. The van der Waals surface area contributed by atoms with E-state index in [1.165, 1.54) is 10.5 Å². The lowest BCUT2D eigenvalue weighted by Crippen LogP contribution is -2.44. The van der Waals surface area contributed by atoms with E-state index in [1.807, 2.05) is 13.8 Å². The van der Waals surface area contributed by atoms with E-state index in [9.17, 15) is 13.2 Å². The van der Waals surface area contributed by atoms with Gasteiger partial charge in [0.25, 0.3) is 10.0 Å². The summed E-state index contributed by atoms with van der Waals surface area (Å²) in [4.78, 5) is 16.3. The molecule has 0 radical (unpaired) electrons. The van der Waals surface area contributed by atoms with Crippen molar-refractivity contribution in [1.29, 1.82) is 0 Å². The van der Waals surface area contributed by atoms with Crippen molar-refractivity contribution in [1.82, 2.24) is 19.2 Å². The van der Waals surface area contributed by atoms with Gasteiger partial charge in [0.2, 0.25) is 5.91 Å². The fraction of sp³-hybridized carbons (Fsp3) is 0.733. The second-order valence-corrected chi connectivity index (χ2v) is 8.12. The molecule has 0 spiro atoms. The predicted octanol–water partition coefficient (Wildman–Crippen LogP) is 1.04. The van der Waals surface area contributed by atoms with Gasteiger partial charge in [-0.05, 0) is 33.1 Å². The molecular formula is C15H26N4O3S. The van der Waals surface area contributed by atoms with Crippen LogP contribution in [-0.2, 0) is 21.9 Å². The Hall–Kier alpha value is -1.41. The minimum Gasteiger partial charge on any atom is -0.353 e. The maximum Gasteiger partial charge on any atom is 0.262 e. The Labute approximate surface area is 138 Å². The van der Waals surface area contributed by atoms with E-state index in [-0.39, 0.29) is 22.9 Å². The van der Waals surface area contributed by atoms with E-state index >= 15 is 0 Å². The molecule has 1 aromatic rings. The third kappa shape index (κ3) is 3.92. The Balaban J connectivity index is 1.99. The number of nitrogens with one attached hydrogen (secondary N) is 1. The topological polar surface area (TPSA) is 84.3 Å². The average Bonchev–Trinajstić information content (AvgIpc) is 2.87. The minimum atomic E-state index is -3.57. The normalized spacial score (nSPS) is 18.8. The molecule has 7 nitrogen and oxygen atoms in total. The number of hydrogen-bond donors (Lipinski definition) is 1. The number of aryl methyl sites for hydroxylation is 2. The molecule has 0 saturated carbocycles. The summed E-state index contributed by atoms with van der Waals surface area (Å²) in [5, 5.41) is 3.06. The molecule has 0 aromatic carbocycles. The number of carbonyl (C=O) groups is 1. The van der Waals surface area contributed by atoms with E-state index in [1.54, 1.807) is 18.5 Å². The molecule has 1 saturated heterocycles. The zero-order valence-corrected chi connectivity index (χ0v) is 15.1. The van der Waals surface area contributed by atoms with Crippen molar-refractivity contribution in [3.8, 4) is 0 Å². The predicted molar refractivity (Wildman–Crippen MR) is 87.3 cm³/mol. The molecule has 1 aromatic heterocycles. The van der Waals surface area contributed by atoms with Gasteiger partial charge in [0, 0.05) is 38.3 Å². The van der Waals surface area contributed by atoms with Gasteiger partial charge < -0.3 is 9.88 Å². The van der Waals surface area contributed by atoms with Crippen LogP contribution < -0.4 is 5.32 Å². The number of hydrogen-bond acceptors (Lipinski definition) is 4. The molecule has 1 unspecified atom stereocenters. The van der Waals surface area contributed by atoms with Gasteiger partial charge in [-0.15, -0.1) is 0 Å². The Kier molecular flexibility index (Phi) is 5.46. The van der Waals surface area contributed by atoms with Crippen molar-refractivity contribution >= 4 is 15.9 Å². The van der Waals surface area contributed by atoms with Gasteiger partial charge in [-0.1, -0.05) is 6.92 Å². The van der Waals surface area contributed by atoms with Crippen molar-refractivity contribution < 1.29 is 13.2 Å². The summed E-state index contributed by atoms with van der Waals surface area (Å²) >= 11 is 0. The van der Waals surface area contributed by atoms with Crippen molar-refractivity contribution in [3.63, 3.8) is 0 Å². The van der Waals surface area contributed by atoms with Crippen LogP contribution in [0.25, 0.3) is 0 Å². The van der Waals surface area contributed by atoms with Gasteiger partial charge >= 0.3 is 0 Å². The van der Waals surface area contributed by atoms with Crippen LogP contribution in [0, 0.1) is 12.8 Å². The summed E-state index contributed by atoms with van der Waals surface area (Å²) in [6.07, 6.45) is 3.52. The Morgan fingerprint density at radius 1 is 1.43 bits per heavy atom. The molecule has 1 aliphatic rings. The number of sulfonamides is 1. The summed E-state index contributed by atoms with van der Waals surface area (Å²) in [5.74, 6) is 0.581. The third-order valence-corrected chi connectivity index (χ3v) is 6.29. The van der Waals surface area contributed by atoms with Crippen molar-refractivity contribution in [2.45, 2.75) is 51.1 Å². The quantitative estimate of drug-likeness (QED) is 0.867. The highest BCUT2D eigenvalue weighted by atomic mass is 32.2. The zero-order valence-electron chi connectivity index (χ0n) is 14.2. The number of piperidine rings is 1. The molecule has 1 atom stereocenters. The first-order valence-corrected chi connectivity index (χ1v) is 9.50. The summed E-state index contributed by atoms with van der Waals surface area (Å²) < 4.78 is 28.3. The summed E-state index contributed by atoms with van der Waals surface area (Å²) in [7, 11) is -1.80. The number of amides is 1. The van der Waals surface area contributed by atoms with Gasteiger partial charge in [0.05, 0.1) is 0 Å². The molecule has 1 fully saturated rings. The van der Waals surface area contributed by atoms with Crippen molar-refractivity contribution in [2.24, 2.45) is 13.0 Å². The summed E-state index contributed by atoms with van der Waals surface area (Å²) in [6.45, 7) is 6.48. The molecule has 23 heavy (non-hydrogen) atoms. The standard InChI is InChI=1S/C15H26N4O3S/c1-5-11(2)16-15(20)13-6-8-19(9-7-13)23(21,22)14-10-18(4)12(3)17-14/h10-11,13H,5-9H2,1-4H3,(H,16,20). The van der Waals surface area contributed by atoms with E-state index in [2.05, 4.69) is 10.3 Å². The molecular weight excluding hydrogens is 316 g/mol. The van der Waals surface area contributed by atoms with Crippen LogP contribution in [-0.4, -0.2) is 47.3 Å². The number of rotatable bonds is 5. The Morgan fingerprint density at radius 2 is 2.04 bits per heavy atom. The first-order chi connectivity index (χ1) is 10.8. The smallest absolute Gasteiger partial charge is 0.262 e. The van der Waals surface area contributed by atoms with Gasteiger partial charge in [0.15, 0.2) is 5.03 Å². The number of carbonyl (C=O) groups excluding carboxylic acids is 1. The minimum absolute atomic E-state index is 0.0325. The third-order valence-electron chi connectivity index (χ3n) is 4.52. The Morgan fingerprint density at radius 3 is 2.52 bits per heavy atom. The molecule has 2 heterocycles. The van der Waals surface area contributed by atoms with Crippen LogP contribution in [0.4, 0.5) is 0 Å². The van der Waals surface area contributed by atoms with E-state index in [4.69, 9.17) is 0 Å². The highest BCUT2D eigenvalue weighted by Gasteiger charge is 2.33. The molecule has 1 aliphatic heterocycles. The average molecular weight is 342 g/mol. The summed E-state index contributed by atoms with van der Waals surface area (Å²) in [6, 6.07) is 0.153. The SMILES string of the molecule is CCC(C)NC(=O)C1CCN(S(=O)(=O)c2cn(C)c(C)n2)CC1. The van der Waals surface area contributed by atoms with Crippen LogP contribution in [0.3, 0.4) is 0 Å². The first-order valence-electron chi connectivity index (χ1n) is 8.06. The maximum absolute atomic E-state index is 12.6.